The predicted octanol–water partition coefficient (Wildman–Crippen LogP) is 4.52. The van der Waals surface area contributed by atoms with Crippen molar-refractivity contribution in [2.75, 3.05) is 13.2 Å². The number of hydrogen-bond donors (Lipinski definition) is 2. The number of hydrogen-bond acceptors (Lipinski definition) is 4. The molecule has 1 aliphatic carbocycles. The monoisotopic (exact) mass is 406 g/mol. The highest BCUT2D eigenvalue weighted by Crippen LogP contribution is 2.34. The van der Waals surface area contributed by atoms with Crippen molar-refractivity contribution in [1.29, 1.82) is 0 Å². The molecule has 5 heteroatoms. The Morgan fingerprint density at radius 1 is 1.28 bits per heavy atom. The molecule has 0 spiro atoms. The number of aliphatic hydroxyl groups is 1. The maximum absolute atomic E-state index is 12.2. The molecule has 1 fully saturated rings. The van der Waals surface area contributed by atoms with Crippen molar-refractivity contribution in [3.8, 4) is 11.8 Å². The van der Waals surface area contributed by atoms with Gasteiger partial charge in [0.2, 0.25) is 0 Å². The minimum absolute atomic E-state index is 0.0284. The summed E-state index contributed by atoms with van der Waals surface area (Å²) in [4.78, 5) is 22.7. The average molecular weight is 407 g/mol. The van der Waals surface area contributed by atoms with Crippen LogP contribution in [0.1, 0.15) is 84.5 Å². The van der Waals surface area contributed by atoms with Crippen molar-refractivity contribution in [1.82, 2.24) is 0 Å². The number of unbranched alkanes of at least 4 members (excludes halogenated alkanes) is 4. The van der Waals surface area contributed by atoms with E-state index in [9.17, 15) is 14.7 Å². The molecular weight excluding hydrogens is 368 g/mol. The van der Waals surface area contributed by atoms with Crippen molar-refractivity contribution < 1.29 is 24.5 Å². The van der Waals surface area contributed by atoms with Crippen molar-refractivity contribution in [3.63, 3.8) is 0 Å². The number of carboxylic acid groups (broad SMARTS) is 1. The third kappa shape index (κ3) is 10.6. The second-order valence-electron chi connectivity index (χ2n) is 8.07. The Bertz CT molecular complexity index is 586. The van der Waals surface area contributed by atoms with Gasteiger partial charge in [-0.2, -0.15) is 0 Å². The lowest BCUT2D eigenvalue weighted by molar-refractivity contribution is -0.142. The molecule has 0 aliphatic heterocycles. The molecule has 3 atom stereocenters. The summed E-state index contributed by atoms with van der Waals surface area (Å²) < 4.78 is 5.05. The van der Waals surface area contributed by atoms with Gasteiger partial charge >= 0.3 is 5.97 Å². The molecular formula is C24H38O5. The molecule has 0 aromatic heterocycles. The van der Waals surface area contributed by atoms with E-state index in [4.69, 9.17) is 9.84 Å². The molecule has 1 rings (SSSR count). The Morgan fingerprint density at radius 3 is 2.76 bits per heavy atom. The molecule has 1 aliphatic rings. The largest absolute Gasteiger partial charge is 0.480 e. The molecule has 2 N–H and O–H groups in total. The van der Waals surface area contributed by atoms with Crippen LogP contribution in [0.25, 0.3) is 0 Å². The Kier molecular flexibility index (Phi) is 12.6. The first-order valence-corrected chi connectivity index (χ1v) is 11.1. The fourth-order valence-corrected chi connectivity index (χ4v) is 4.00. The molecule has 1 unspecified atom stereocenters. The number of carboxylic acids is 1. The van der Waals surface area contributed by atoms with Crippen molar-refractivity contribution in [2.45, 2.75) is 90.1 Å². The van der Waals surface area contributed by atoms with Crippen LogP contribution in [0.2, 0.25) is 0 Å². The van der Waals surface area contributed by atoms with Gasteiger partial charge in [-0.25, -0.2) is 4.79 Å². The number of rotatable bonds is 15. The van der Waals surface area contributed by atoms with Crippen LogP contribution in [0.15, 0.2) is 12.2 Å². The Morgan fingerprint density at radius 2 is 2.07 bits per heavy atom. The van der Waals surface area contributed by atoms with Gasteiger partial charge in [0.15, 0.2) is 0 Å². The maximum Gasteiger partial charge on any atom is 0.329 e. The van der Waals surface area contributed by atoms with E-state index in [0.29, 0.717) is 31.7 Å². The van der Waals surface area contributed by atoms with Gasteiger partial charge in [0, 0.05) is 25.4 Å². The molecule has 0 bridgehead atoms. The minimum Gasteiger partial charge on any atom is -0.480 e. The summed E-state index contributed by atoms with van der Waals surface area (Å²) in [5.41, 5.74) is -0.974. The van der Waals surface area contributed by atoms with Gasteiger partial charge in [-0.05, 0) is 44.9 Å². The first kappa shape index (κ1) is 25.4. The zero-order chi connectivity index (χ0) is 21.5. The molecule has 5 nitrogen and oxygen atoms in total. The van der Waals surface area contributed by atoms with Crippen LogP contribution in [0.4, 0.5) is 0 Å². The normalized spacial score (nSPS) is 21.1. The van der Waals surface area contributed by atoms with Crippen molar-refractivity contribution in [2.24, 2.45) is 11.8 Å². The summed E-state index contributed by atoms with van der Waals surface area (Å²) in [5, 5.41) is 19.4. The van der Waals surface area contributed by atoms with E-state index in [2.05, 4.69) is 24.8 Å². The molecule has 0 heterocycles. The lowest BCUT2D eigenvalue weighted by Gasteiger charge is -2.21. The topological polar surface area (TPSA) is 83.8 Å². The van der Waals surface area contributed by atoms with Crippen LogP contribution < -0.4 is 0 Å². The van der Waals surface area contributed by atoms with Crippen LogP contribution in [-0.4, -0.2) is 40.8 Å². The number of carbonyl (C=O) groups is 2. The summed E-state index contributed by atoms with van der Waals surface area (Å²) in [5.74, 6) is 5.44. The van der Waals surface area contributed by atoms with Gasteiger partial charge < -0.3 is 14.9 Å². The molecule has 1 saturated carbocycles. The first-order valence-electron chi connectivity index (χ1n) is 11.1. The van der Waals surface area contributed by atoms with Gasteiger partial charge in [-0.15, -0.1) is 5.92 Å². The zero-order valence-electron chi connectivity index (χ0n) is 18.1. The number of ketones is 1. The van der Waals surface area contributed by atoms with Gasteiger partial charge in [0.25, 0.3) is 0 Å². The predicted molar refractivity (Wildman–Crippen MR) is 114 cm³/mol. The number of allylic oxidation sites excluding steroid dienone is 1. The van der Waals surface area contributed by atoms with Crippen molar-refractivity contribution >= 4 is 11.8 Å². The standard InChI is InChI=1S/C24H38O5/c1-3-5-6-8-16-24(28,15-4-2)17-10-11-20-13-14-22(25)21(20)12-7-9-18-29-19-23(26)27/h10-11,20-21,28H,3,5-9,12-14,16-19H2,1-2H3,(H,26,27)/t20-,21+,24?/m0/s1. The SMILES string of the molecule is CC#CC(O)(CC=C[C@H]1CCC(=O)[C@@H]1CCCCOCC(=O)O)CCCCCC. The van der Waals surface area contributed by atoms with E-state index in [1.165, 1.54) is 12.8 Å². The summed E-state index contributed by atoms with van der Waals surface area (Å²) in [6.45, 7) is 4.07. The Labute approximate surface area is 175 Å². The second kappa shape index (κ2) is 14.4. The summed E-state index contributed by atoms with van der Waals surface area (Å²) in [6.07, 6.45) is 13.6. The van der Waals surface area contributed by atoms with Crippen molar-refractivity contribution in [3.05, 3.63) is 12.2 Å². The lowest BCUT2D eigenvalue weighted by Crippen LogP contribution is -2.25. The van der Waals surface area contributed by atoms with E-state index in [-0.39, 0.29) is 18.4 Å². The molecule has 164 valence electrons. The number of ether oxygens (including phenoxy) is 1. The van der Waals surface area contributed by atoms with Crippen LogP contribution in [0.3, 0.4) is 0 Å². The quantitative estimate of drug-likeness (QED) is 0.237. The average Bonchev–Trinajstić information content (AvgIpc) is 3.01. The highest BCUT2D eigenvalue weighted by atomic mass is 16.5. The third-order valence-electron chi connectivity index (χ3n) is 5.57. The number of carbonyl (C=O) groups excluding carboxylic acids is 1. The van der Waals surface area contributed by atoms with E-state index < -0.39 is 11.6 Å². The molecule has 0 radical (unpaired) electrons. The number of Topliss-reactive ketones (excluding diaryl/α,β-unsaturated/α-hetero) is 1. The smallest absolute Gasteiger partial charge is 0.329 e. The Balaban J connectivity index is 2.46. The highest BCUT2D eigenvalue weighted by Gasteiger charge is 2.32. The van der Waals surface area contributed by atoms with Gasteiger partial charge in [-0.3, -0.25) is 4.79 Å². The molecule has 0 aromatic carbocycles. The lowest BCUT2D eigenvalue weighted by atomic mass is 9.88. The molecule has 29 heavy (non-hydrogen) atoms. The van der Waals surface area contributed by atoms with E-state index in [1.54, 1.807) is 6.92 Å². The highest BCUT2D eigenvalue weighted by molar-refractivity contribution is 5.83. The van der Waals surface area contributed by atoms with Gasteiger partial charge in [0.05, 0.1) is 0 Å². The zero-order valence-corrected chi connectivity index (χ0v) is 18.1. The maximum atomic E-state index is 12.2. The van der Waals surface area contributed by atoms with Gasteiger partial charge in [0.1, 0.15) is 18.0 Å². The van der Waals surface area contributed by atoms with E-state index in [0.717, 1.165) is 38.5 Å². The first-order chi connectivity index (χ1) is 13.9. The summed E-state index contributed by atoms with van der Waals surface area (Å²) in [7, 11) is 0. The Hall–Kier alpha value is -1.64. The molecule has 0 amide bonds. The molecule has 0 saturated heterocycles. The van der Waals surface area contributed by atoms with Crippen LogP contribution in [0.5, 0.6) is 0 Å². The van der Waals surface area contributed by atoms with Crippen LogP contribution in [0, 0.1) is 23.7 Å². The van der Waals surface area contributed by atoms with E-state index in [1.807, 2.05) is 6.08 Å². The summed E-state index contributed by atoms with van der Waals surface area (Å²) >= 11 is 0. The fraction of sp³-hybridized carbons (Fsp3) is 0.750. The number of aliphatic carboxylic acids is 1. The fourth-order valence-electron chi connectivity index (χ4n) is 4.00. The summed E-state index contributed by atoms with van der Waals surface area (Å²) in [6, 6.07) is 0. The third-order valence-corrected chi connectivity index (χ3v) is 5.57. The van der Waals surface area contributed by atoms with Crippen LogP contribution in [-0.2, 0) is 14.3 Å². The van der Waals surface area contributed by atoms with E-state index >= 15 is 0 Å². The van der Waals surface area contributed by atoms with Gasteiger partial charge in [-0.1, -0.05) is 50.7 Å². The van der Waals surface area contributed by atoms with Crippen LogP contribution >= 0.6 is 0 Å². The minimum atomic E-state index is -0.974. The molecule has 0 aromatic rings. The second-order valence-corrected chi connectivity index (χ2v) is 8.07.